The lowest BCUT2D eigenvalue weighted by Crippen LogP contribution is -2.36. The van der Waals surface area contributed by atoms with Gasteiger partial charge in [0, 0.05) is 79.2 Å². The topological polar surface area (TPSA) is 68.8 Å². The van der Waals surface area contributed by atoms with Crippen LogP contribution in [0.25, 0.3) is 16.7 Å². The molecule has 0 atom stereocenters. The molecule has 0 saturated heterocycles. The fourth-order valence-electron chi connectivity index (χ4n) is 5.17. The lowest BCUT2D eigenvalue weighted by atomic mass is 9.97. The molecule has 3 aromatic rings. The molecule has 0 N–H and O–H groups in total. The summed E-state index contributed by atoms with van der Waals surface area (Å²) < 4.78 is 3.90. The largest absolute Gasteiger partial charge is 0.334 e. The number of carbonyl (C=O) groups excluding carboxylic acids is 1. The highest BCUT2D eigenvalue weighted by molar-refractivity contribution is 5.87. The van der Waals surface area contributed by atoms with Crippen molar-refractivity contribution < 1.29 is 4.79 Å². The Bertz CT molecular complexity index is 1280. The van der Waals surface area contributed by atoms with Gasteiger partial charge in [0.2, 0.25) is 5.91 Å². The maximum atomic E-state index is 13.2. The molecule has 2 aliphatic carbocycles. The lowest BCUT2D eigenvalue weighted by Gasteiger charge is -2.26. The summed E-state index contributed by atoms with van der Waals surface area (Å²) in [6.07, 6.45) is 13.1. The third kappa shape index (κ3) is 3.59. The first-order valence-electron chi connectivity index (χ1n) is 12.1. The molecular formula is C26H30N6O. The van der Waals surface area contributed by atoms with Crippen LogP contribution < -0.4 is 0 Å². The maximum Gasteiger partial charge on any atom is 0.223 e. The number of rotatable bonds is 2. The van der Waals surface area contributed by atoms with E-state index < -0.39 is 0 Å². The first-order valence-corrected chi connectivity index (χ1v) is 12.1. The molecular weight excluding hydrogens is 412 g/mol. The minimum atomic E-state index is 0.105. The molecule has 3 aromatic heterocycles. The normalized spacial score (nSPS) is 18.2. The summed E-state index contributed by atoms with van der Waals surface area (Å²) in [6.45, 7) is 5.41. The van der Waals surface area contributed by atoms with Gasteiger partial charge < -0.3 is 4.90 Å². The number of allylic oxidation sites excluding steroid dienone is 1. The van der Waals surface area contributed by atoms with Crippen molar-refractivity contribution in [3.63, 3.8) is 0 Å². The van der Waals surface area contributed by atoms with Crippen molar-refractivity contribution in [2.45, 2.75) is 71.0 Å². The average Bonchev–Trinajstić information content (AvgIpc) is 3.24. The van der Waals surface area contributed by atoms with E-state index in [4.69, 9.17) is 15.2 Å². The number of amides is 1. The van der Waals surface area contributed by atoms with Gasteiger partial charge in [-0.2, -0.15) is 10.2 Å². The monoisotopic (exact) mass is 442 g/mol. The van der Waals surface area contributed by atoms with E-state index >= 15 is 0 Å². The molecule has 4 heterocycles. The molecule has 0 unspecified atom stereocenters. The predicted molar refractivity (Wildman–Crippen MR) is 126 cm³/mol. The van der Waals surface area contributed by atoms with Gasteiger partial charge >= 0.3 is 0 Å². The van der Waals surface area contributed by atoms with Gasteiger partial charge in [0.1, 0.15) is 0 Å². The van der Waals surface area contributed by atoms with E-state index in [-0.39, 0.29) is 11.9 Å². The Morgan fingerprint density at radius 3 is 2.70 bits per heavy atom. The van der Waals surface area contributed by atoms with E-state index in [2.05, 4.69) is 36.9 Å². The standard InChI is InChI=1S/C26H30N6O/c1-16(2)32-15-24-21(13-30(3)28-24)18-11-20-19(8-9-23(20)27-12-18)22-14-31(10-4-5-25(32)33)29-26(22)17-6-7-17/h8,11-14,16-17H,4-7,9-10,15H2,1-3H3. The molecule has 7 heteroatoms. The Morgan fingerprint density at radius 2 is 1.91 bits per heavy atom. The van der Waals surface area contributed by atoms with Gasteiger partial charge in [0.25, 0.3) is 0 Å². The van der Waals surface area contributed by atoms with Crippen LogP contribution in [0.5, 0.6) is 0 Å². The second-order valence-corrected chi connectivity index (χ2v) is 9.89. The van der Waals surface area contributed by atoms with Gasteiger partial charge in [-0.3, -0.25) is 19.1 Å². The van der Waals surface area contributed by atoms with E-state index in [0.29, 0.717) is 18.9 Å². The van der Waals surface area contributed by atoms with Crippen LogP contribution in [0.15, 0.2) is 30.7 Å². The molecule has 1 amide bonds. The Kier molecular flexibility index (Phi) is 4.75. The van der Waals surface area contributed by atoms with E-state index in [0.717, 1.165) is 41.9 Å². The Morgan fingerprint density at radius 1 is 1.06 bits per heavy atom. The zero-order chi connectivity index (χ0) is 22.7. The zero-order valence-corrected chi connectivity index (χ0v) is 19.6. The molecule has 0 aromatic carbocycles. The number of nitrogens with zero attached hydrogens (tertiary/aromatic N) is 6. The van der Waals surface area contributed by atoms with E-state index in [1.54, 1.807) is 0 Å². The van der Waals surface area contributed by atoms with Gasteiger partial charge in [0.15, 0.2) is 0 Å². The van der Waals surface area contributed by atoms with Gasteiger partial charge in [-0.25, -0.2) is 0 Å². The van der Waals surface area contributed by atoms with E-state index in [1.807, 2.05) is 29.0 Å². The molecule has 1 aliphatic heterocycles. The van der Waals surface area contributed by atoms with Crippen molar-refractivity contribution in [1.82, 2.24) is 29.4 Å². The molecule has 0 spiro atoms. The Labute approximate surface area is 194 Å². The van der Waals surface area contributed by atoms with Crippen LogP contribution in [-0.4, -0.2) is 41.4 Å². The molecule has 3 aliphatic rings. The van der Waals surface area contributed by atoms with Gasteiger partial charge in [-0.05, 0) is 44.7 Å². The number of pyridine rings is 1. The molecule has 33 heavy (non-hydrogen) atoms. The molecule has 6 rings (SSSR count). The highest BCUT2D eigenvalue weighted by atomic mass is 16.2. The number of hydrogen-bond donors (Lipinski definition) is 0. The summed E-state index contributed by atoms with van der Waals surface area (Å²) in [5, 5.41) is 9.72. The number of carbonyl (C=O) groups is 1. The predicted octanol–water partition coefficient (Wildman–Crippen LogP) is 4.07. The molecule has 7 nitrogen and oxygen atoms in total. The third-order valence-electron chi connectivity index (χ3n) is 7.06. The number of hydrogen-bond acceptors (Lipinski definition) is 4. The minimum Gasteiger partial charge on any atom is -0.334 e. The van der Waals surface area contributed by atoms with Crippen molar-refractivity contribution in [1.29, 1.82) is 0 Å². The van der Waals surface area contributed by atoms with Crippen LogP contribution in [0.2, 0.25) is 0 Å². The second kappa shape index (κ2) is 7.68. The van der Waals surface area contributed by atoms with Crippen molar-refractivity contribution in [2.24, 2.45) is 7.05 Å². The van der Waals surface area contributed by atoms with Crippen LogP contribution in [-0.2, 0) is 31.4 Å². The van der Waals surface area contributed by atoms with Gasteiger partial charge in [0.05, 0.1) is 23.6 Å². The second-order valence-electron chi connectivity index (χ2n) is 9.89. The SMILES string of the molecule is CC(C)N1Cc2nn(C)cc2-c2cnc3c(c2)C(=CC3)c2cn(nc2C2CC2)CCCC1=O. The van der Waals surface area contributed by atoms with Gasteiger partial charge in [-0.15, -0.1) is 0 Å². The number of aromatic nitrogens is 5. The fraction of sp³-hybridized carbons (Fsp3) is 0.462. The molecule has 1 saturated carbocycles. The van der Waals surface area contributed by atoms with E-state index in [9.17, 15) is 4.79 Å². The smallest absolute Gasteiger partial charge is 0.223 e. The first-order chi connectivity index (χ1) is 16.0. The average molecular weight is 443 g/mol. The van der Waals surface area contributed by atoms with Crippen molar-refractivity contribution in [3.8, 4) is 11.1 Å². The number of aryl methyl sites for hydroxylation is 2. The third-order valence-corrected chi connectivity index (χ3v) is 7.06. The number of fused-ring (bicyclic) bond motifs is 6. The Balaban J connectivity index is 1.51. The fourth-order valence-corrected chi connectivity index (χ4v) is 5.17. The Hall–Kier alpha value is -3.22. The van der Waals surface area contributed by atoms with Crippen LogP contribution in [0.3, 0.4) is 0 Å². The summed E-state index contributed by atoms with van der Waals surface area (Å²) in [7, 11) is 1.94. The maximum absolute atomic E-state index is 13.2. The molecule has 0 radical (unpaired) electrons. The van der Waals surface area contributed by atoms with Crippen LogP contribution >= 0.6 is 0 Å². The van der Waals surface area contributed by atoms with Gasteiger partial charge in [-0.1, -0.05) is 6.08 Å². The summed E-state index contributed by atoms with van der Waals surface area (Å²) in [5.74, 6) is 0.728. The molecule has 170 valence electrons. The van der Waals surface area contributed by atoms with Crippen LogP contribution in [0, 0.1) is 0 Å². The molecule has 4 bridgehead atoms. The van der Waals surface area contributed by atoms with Crippen molar-refractivity contribution >= 4 is 11.5 Å². The van der Waals surface area contributed by atoms with Crippen molar-refractivity contribution in [3.05, 3.63) is 58.9 Å². The zero-order valence-electron chi connectivity index (χ0n) is 19.6. The highest BCUT2D eigenvalue weighted by Crippen LogP contribution is 2.45. The quantitative estimate of drug-likeness (QED) is 0.600. The lowest BCUT2D eigenvalue weighted by molar-refractivity contribution is -0.133. The first kappa shape index (κ1) is 20.4. The van der Waals surface area contributed by atoms with Crippen molar-refractivity contribution in [2.75, 3.05) is 0 Å². The summed E-state index contributed by atoms with van der Waals surface area (Å²) in [5.41, 5.74) is 9.06. The molecule has 1 fully saturated rings. The summed E-state index contributed by atoms with van der Waals surface area (Å²) in [6, 6.07) is 2.37. The summed E-state index contributed by atoms with van der Waals surface area (Å²) >= 11 is 0. The highest BCUT2D eigenvalue weighted by Gasteiger charge is 2.32. The minimum absolute atomic E-state index is 0.105. The van der Waals surface area contributed by atoms with Crippen LogP contribution in [0.4, 0.5) is 0 Å². The summed E-state index contributed by atoms with van der Waals surface area (Å²) in [4.78, 5) is 20.0. The van der Waals surface area contributed by atoms with Crippen LogP contribution in [0.1, 0.15) is 73.7 Å². The van der Waals surface area contributed by atoms with E-state index in [1.165, 1.54) is 35.2 Å².